The lowest BCUT2D eigenvalue weighted by atomic mass is 9.86. The summed E-state index contributed by atoms with van der Waals surface area (Å²) in [7, 11) is 0. The number of ether oxygens (including phenoxy) is 1. The number of anilines is 1. The zero-order valence-corrected chi connectivity index (χ0v) is 15.0. The van der Waals surface area contributed by atoms with Gasteiger partial charge in [0.25, 0.3) is 0 Å². The summed E-state index contributed by atoms with van der Waals surface area (Å²) >= 11 is 0. The van der Waals surface area contributed by atoms with Crippen LogP contribution in [0.4, 0.5) is 19.3 Å². The van der Waals surface area contributed by atoms with Crippen molar-refractivity contribution >= 4 is 11.8 Å². The number of hydrogen-bond acceptors (Lipinski definition) is 3. The van der Waals surface area contributed by atoms with Crippen LogP contribution < -0.4 is 4.90 Å². The van der Waals surface area contributed by atoms with Crippen LogP contribution in [-0.2, 0) is 11.3 Å². The summed E-state index contributed by atoms with van der Waals surface area (Å²) in [6.07, 6.45) is 1.39. The maximum absolute atomic E-state index is 13.8. The minimum absolute atomic E-state index is 0.149. The predicted octanol–water partition coefficient (Wildman–Crippen LogP) is 4.20. The van der Waals surface area contributed by atoms with Gasteiger partial charge in [0.1, 0.15) is 6.10 Å². The fraction of sp³-hybridized carbons (Fsp3) is 0.381. The summed E-state index contributed by atoms with van der Waals surface area (Å²) in [5, 5.41) is 0. The van der Waals surface area contributed by atoms with Gasteiger partial charge in [0, 0.05) is 12.6 Å². The van der Waals surface area contributed by atoms with E-state index in [-0.39, 0.29) is 18.3 Å². The Balaban J connectivity index is 1.56. The maximum atomic E-state index is 13.8. The van der Waals surface area contributed by atoms with Crippen LogP contribution in [0.15, 0.2) is 48.5 Å². The van der Waals surface area contributed by atoms with Crippen LogP contribution in [0.5, 0.6) is 0 Å². The molecule has 142 valence electrons. The monoisotopic (exact) mass is 372 g/mol. The summed E-state index contributed by atoms with van der Waals surface area (Å²) in [4.78, 5) is 16.6. The number of benzene rings is 2. The Morgan fingerprint density at radius 1 is 1.07 bits per heavy atom. The first kappa shape index (κ1) is 17.9. The highest BCUT2D eigenvalue weighted by Gasteiger charge is 2.37. The van der Waals surface area contributed by atoms with Crippen molar-refractivity contribution < 1.29 is 18.3 Å². The SMILES string of the molecule is O=C(O[C@H]1CN2CCC1CC2)N(Cc1ccccc1)c1ccc(F)c(F)c1. The van der Waals surface area contributed by atoms with Crippen LogP contribution in [-0.4, -0.2) is 36.7 Å². The van der Waals surface area contributed by atoms with E-state index in [1.54, 1.807) is 0 Å². The molecule has 3 saturated heterocycles. The van der Waals surface area contributed by atoms with E-state index < -0.39 is 17.7 Å². The molecule has 0 radical (unpaired) electrons. The summed E-state index contributed by atoms with van der Waals surface area (Å²) in [6, 6.07) is 12.9. The van der Waals surface area contributed by atoms with Crippen LogP contribution >= 0.6 is 0 Å². The normalized spacial score (nSPS) is 23.9. The molecule has 2 aromatic rings. The molecule has 0 spiro atoms. The summed E-state index contributed by atoms with van der Waals surface area (Å²) in [5.41, 5.74) is 1.16. The number of nitrogens with zero attached hydrogens (tertiary/aromatic N) is 2. The van der Waals surface area contributed by atoms with E-state index in [0.717, 1.165) is 50.2 Å². The first-order valence-electron chi connectivity index (χ1n) is 9.29. The van der Waals surface area contributed by atoms with Crippen LogP contribution in [0, 0.1) is 17.6 Å². The third-order valence-corrected chi connectivity index (χ3v) is 5.47. The Labute approximate surface area is 157 Å². The molecule has 1 atom stereocenters. The molecule has 0 saturated carbocycles. The quantitative estimate of drug-likeness (QED) is 0.806. The minimum Gasteiger partial charge on any atom is -0.444 e. The predicted molar refractivity (Wildman–Crippen MR) is 98.4 cm³/mol. The second-order valence-corrected chi connectivity index (χ2v) is 7.23. The van der Waals surface area contributed by atoms with Gasteiger partial charge in [-0.15, -0.1) is 0 Å². The number of amides is 1. The van der Waals surface area contributed by atoms with E-state index in [1.807, 2.05) is 30.3 Å². The molecule has 2 aromatic carbocycles. The van der Waals surface area contributed by atoms with Crippen molar-refractivity contribution in [1.29, 1.82) is 0 Å². The first-order chi connectivity index (χ1) is 13.1. The van der Waals surface area contributed by atoms with E-state index in [1.165, 1.54) is 11.0 Å². The van der Waals surface area contributed by atoms with Gasteiger partial charge in [-0.05, 0) is 49.5 Å². The number of carbonyl (C=O) groups excluding carboxylic acids is 1. The molecular formula is C21H22F2N2O2. The fourth-order valence-corrected chi connectivity index (χ4v) is 3.92. The van der Waals surface area contributed by atoms with Crippen molar-refractivity contribution in [2.24, 2.45) is 5.92 Å². The van der Waals surface area contributed by atoms with Crippen LogP contribution in [0.25, 0.3) is 0 Å². The van der Waals surface area contributed by atoms with Gasteiger partial charge in [0.05, 0.1) is 12.2 Å². The molecule has 4 nitrogen and oxygen atoms in total. The third-order valence-electron chi connectivity index (χ3n) is 5.47. The molecule has 2 bridgehead atoms. The average Bonchev–Trinajstić information content (AvgIpc) is 2.70. The second-order valence-electron chi connectivity index (χ2n) is 7.23. The van der Waals surface area contributed by atoms with Crippen LogP contribution in [0.1, 0.15) is 18.4 Å². The largest absolute Gasteiger partial charge is 0.444 e. The van der Waals surface area contributed by atoms with Crippen molar-refractivity contribution in [3.63, 3.8) is 0 Å². The smallest absolute Gasteiger partial charge is 0.414 e. The Bertz CT molecular complexity index is 807. The molecule has 0 unspecified atom stereocenters. The summed E-state index contributed by atoms with van der Waals surface area (Å²) in [5.74, 6) is -1.55. The Hall–Kier alpha value is -2.47. The third kappa shape index (κ3) is 3.95. The molecule has 0 aromatic heterocycles. The molecule has 6 heteroatoms. The Morgan fingerprint density at radius 3 is 2.44 bits per heavy atom. The Kier molecular flexibility index (Phi) is 5.07. The van der Waals surface area contributed by atoms with Crippen molar-refractivity contribution in [2.75, 3.05) is 24.5 Å². The van der Waals surface area contributed by atoms with Crippen LogP contribution in [0.2, 0.25) is 0 Å². The number of fused-ring (bicyclic) bond motifs is 3. The zero-order valence-electron chi connectivity index (χ0n) is 15.0. The molecule has 3 heterocycles. The highest BCUT2D eigenvalue weighted by Crippen LogP contribution is 2.31. The van der Waals surface area contributed by atoms with E-state index in [2.05, 4.69) is 4.90 Å². The standard InChI is InChI=1S/C21H22F2N2O2/c22-18-7-6-17(12-19(18)23)25(13-15-4-2-1-3-5-15)21(26)27-20-14-24-10-8-16(20)9-11-24/h1-7,12,16,20H,8-11,13-14H2/t20-/m0/s1. The number of carbonyl (C=O) groups is 1. The maximum Gasteiger partial charge on any atom is 0.414 e. The molecule has 5 rings (SSSR count). The molecule has 3 aliphatic rings. The lowest BCUT2D eigenvalue weighted by molar-refractivity contribution is -0.0311. The van der Waals surface area contributed by atoms with E-state index in [0.29, 0.717) is 5.92 Å². The number of rotatable bonds is 4. The molecule has 1 amide bonds. The van der Waals surface area contributed by atoms with Gasteiger partial charge in [-0.2, -0.15) is 0 Å². The Morgan fingerprint density at radius 2 is 1.81 bits per heavy atom. The number of piperidine rings is 3. The molecular weight excluding hydrogens is 350 g/mol. The van der Waals surface area contributed by atoms with Crippen molar-refractivity contribution in [3.05, 3.63) is 65.7 Å². The minimum atomic E-state index is -0.985. The van der Waals surface area contributed by atoms with Gasteiger partial charge in [0.2, 0.25) is 0 Å². The van der Waals surface area contributed by atoms with Gasteiger partial charge in [-0.25, -0.2) is 13.6 Å². The molecule has 3 aliphatic heterocycles. The van der Waals surface area contributed by atoms with Crippen molar-refractivity contribution in [3.8, 4) is 0 Å². The van der Waals surface area contributed by atoms with E-state index in [4.69, 9.17) is 4.74 Å². The lowest BCUT2D eigenvalue weighted by Gasteiger charge is -2.44. The summed E-state index contributed by atoms with van der Waals surface area (Å²) < 4.78 is 32.9. The van der Waals surface area contributed by atoms with Gasteiger partial charge in [0.15, 0.2) is 11.6 Å². The molecule has 3 fully saturated rings. The molecule has 27 heavy (non-hydrogen) atoms. The van der Waals surface area contributed by atoms with E-state index in [9.17, 15) is 13.6 Å². The lowest BCUT2D eigenvalue weighted by Crippen LogP contribution is -2.53. The fourth-order valence-electron chi connectivity index (χ4n) is 3.92. The molecule has 0 aliphatic carbocycles. The molecule has 0 N–H and O–H groups in total. The zero-order chi connectivity index (χ0) is 18.8. The highest BCUT2D eigenvalue weighted by molar-refractivity contribution is 5.87. The van der Waals surface area contributed by atoms with Gasteiger partial charge >= 0.3 is 6.09 Å². The number of hydrogen-bond donors (Lipinski definition) is 0. The van der Waals surface area contributed by atoms with Gasteiger partial charge < -0.3 is 4.74 Å². The van der Waals surface area contributed by atoms with Crippen molar-refractivity contribution in [1.82, 2.24) is 4.90 Å². The van der Waals surface area contributed by atoms with E-state index >= 15 is 0 Å². The topological polar surface area (TPSA) is 32.8 Å². The summed E-state index contributed by atoms with van der Waals surface area (Å²) in [6.45, 7) is 3.07. The van der Waals surface area contributed by atoms with Crippen LogP contribution in [0.3, 0.4) is 0 Å². The first-order valence-corrected chi connectivity index (χ1v) is 9.29. The second kappa shape index (κ2) is 7.64. The number of halogens is 2. The van der Waals surface area contributed by atoms with Gasteiger partial charge in [-0.1, -0.05) is 30.3 Å². The van der Waals surface area contributed by atoms with Gasteiger partial charge in [-0.3, -0.25) is 9.80 Å². The average molecular weight is 372 g/mol. The highest BCUT2D eigenvalue weighted by atomic mass is 19.2. The van der Waals surface area contributed by atoms with Crippen molar-refractivity contribution in [2.45, 2.75) is 25.5 Å².